The summed E-state index contributed by atoms with van der Waals surface area (Å²) in [5, 5.41) is 3.48. The van der Waals surface area contributed by atoms with Crippen molar-refractivity contribution in [1.82, 2.24) is 10.2 Å². The topological polar surface area (TPSA) is 15.3 Å². The highest BCUT2D eigenvalue weighted by molar-refractivity contribution is 4.60. The molecule has 0 aromatic rings. The van der Waals surface area contributed by atoms with Crippen LogP contribution < -0.4 is 5.32 Å². The Balaban J connectivity index is 3.36. The maximum absolute atomic E-state index is 3.48. The minimum Gasteiger partial charge on any atom is -0.315 e. The van der Waals surface area contributed by atoms with Crippen molar-refractivity contribution in [2.24, 2.45) is 11.8 Å². The summed E-state index contributed by atoms with van der Waals surface area (Å²) in [6.45, 7) is 13.8. The molecule has 0 spiro atoms. The van der Waals surface area contributed by atoms with E-state index in [4.69, 9.17) is 0 Å². The highest BCUT2D eigenvalue weighted by Gasteiger charge is 2.04. The minimum absolute atomic E-state index is 0.759. The maximum Gasteiger partial charge on any atom is 0.0104 e. The van der Waals surface area contributed by atoms with Crippen LogP contribution in [0.25, 0.3) is 0 Å². The van der Waals surface area contributed by atoms with Crippen molar-refractivity contribution in [2.75, 3.05) is 33.2 Å². The molecule has 0 aromatic heterocycles. The normalized spacial score (nSPS) is 13.8. The van der Waals surface area contributed by atoms with E-state index in [2.05, 4.69) is 45.0 Å². The molecule has 92 valence electrons. The quantitative estimate of drug-likeness (QED) is 0.594. The molecule has 0 aliphatic rings. The van der Waals surface area contributed by atoms with Crippen LogP contribution >= 0.6 is 0 Å². The molecule has 0 bridgehead atoms. The van der Waals surface area contributed by atoms with E-state index in [-0.39, 0.29) is 0 Å². The molecule has 0 fully saturated rings. The van der Waals surface area contributed by atoms with Crippen molar-refractivity contribution in [3.8, 4) is 0 Å². The molecule has 0 saturated carbocycles. The second-order valence-electron chi connectivity index (χ2n) is 5.25. The molecule has 2 nitrogen and oxygen atoms in total. The summed E-state index contributed by atoms with van der Waals surface area (Å²) in [6.07, 6.45) is 2.66. The van der Waals surface area contributed by atoms with Crippen LogP contribution in [0.2, 0.25) is 0 Å². The second kappa shape index (κ2) is 9.17. The van der Waals surface area contributed by atoms with Crippen LogP contribution in [-0.4, -0.2) is 38.1 Å². The van der Waals surface area contributed by atoms with Gasteiger partial charge in [-0.1, -0.05) is 34.1 Å². The van der Waals surface area contributed by atoms with E-state index < -0.39 is 0 Å². The van der Waals surface area contributed by atoms with Gasteiger partial charge in [0.15, 0.2) is 0 Å². The Morgan fingerprint density at radius 2 is 1.87 bits per heavy atom. The number of rotatable bonds is 9. The molecule has 0 aliphatic carbocycles. The molecular formula is C13H30N2. The van der Waals surface area contributed by atoms with E-state index in [0.717, 1.165) is 24.9 Å². The summed E-state index contributed by atoms with van der Waals surface area (Å²) in [5.74, 6) is 1.60. The first-order valence-electron chi connectivity index (χ1n) is 6.45. The molecule has 0 saturated heterocycles. The summed E-state index contributed by atoms with van der Waals surface area (Å²) in [5.41, 5.74) is 0. The number of hydrogen-bond acceptors (Lipinski definition) is 2. The average molecular weight is 214 g/mol. The van der Waals surface area contributed by atoms with E-state index in [0.29, 0.717) is 0 Å². The highest BCUT2D eigenvalue weighted by Crippen LogP contribution is 2.05. The van der Waals surface area contributed by atoms with Crippen LogP contribution in [0.1, 0.15) is 40.5 Å². The van der Waals surface area contributed by atoms with Gasteiger partial charge in [0, 0.05) is 19.6 Å². The fourth-order valence-corrected chi connectivity index (χ4v) is 1.87. The number of nitrogens with zero attached hydrogens (tertiary/aromatic N) is 1. The molecule has 0 radical (unpaired) electrons. The molecule has 0 amide bonds. The maximum atomic E-state index is 3.48. The van der Waals surface area contributed by atoms with Crippen molar-refractivity contribution >= 4 is 0 Å². The van der Waals surface area contributed by atoms with Crippen molar-refractivity contribution in [3.05, 3.63) is 0 Å². The Kier molecular flexibility index (Phi) is 9.12. The van der Waals surface area contributed by atoms with Crippen molar-refractivity contribution in [2.45, 2.75) is 40.5 Å². The van der Waals surface area contributed by atoms with Gasteiger partial charge in [0.2, 0.25) is 0 Å². The third-order valence-electron chi connectivity index (χ3n) is 2.63. The van der Waals surface area contributed by atoms with Crippen LogP contribution in [0, 0.1) is 11.8 Å². The zero-order valence-electron chi connectivity index (χ0n) is 11.3. The van der Waals surface area contributed by atoms with E-state index in [1.54, 1.807) is 0 Å². The molecule has 0 rings (SSSR count). The summed E-state index contributed by atoms with van der Waals surface area (Å²) >= 11 is 0. The minimum atomic E-state index is 0.759. The van der Waals surface area contributed by atoms with Crippen LogP contribution in [-0.2, 0) is 0 Å². The van der Waals surface area contributed by atoms with Gasteiger partial charge < -0.3 is 10.2 Å². The SMILES string of the molecule is CCCC(C)CN(C)CCNCC(C)C. The Morgan fingerprint density at radius 3 is 2.40 bits per heavy atom. The monoisotopic (exact) mass is 214 g/mol. The van der Waals surface area contributed by atoms with Gasteiger partial charge in [0.25, 0.3) is 0 Å². The van der Waals surface area contributed by atoms with Gasteiger partial charge in [-0.05, 0) is 31.8 Å². The van der Waals surface area contributed by atoms with Gasteiger partial charge in [-0.15, -0.1) is 0 Å². The largest absolute Gasteiger partial charge is 0.315 e. The van der Waals surface area contributed by atoms with Gasteiger partial charge in [0.1, 0.15) is 0 Å². The van der Waals surface area contributed by atoms with Crippen molar-refractivity contribution in [3.63, 3.8) is 0 Å². The van der Waals surface area contributed by atoms with Gasteiger partial charge in [0.05, 0.1) is 0 Å². The zero-order chi connectivity index (χ0) is 11.7. The zero-order valence-corrected chi connectivity index (χ0v) is 11.3. The first kappa shape index (κ1) is 14.9. The Bertz CT molecular complexity index is 134. The Morgan fingerprint density at radius 1 is 1.20 bits per heavy atom. The molecule has 1 atom stereocenters. The summed E-state index contributed by atoms with van der Waals surface area (Å²) in [4.78, 5) is 2.44. The molecule has 0 heterocycles. The fourth-order valence-electron chi connectivity index (χ4n) is 1.87. The second-order valence-corrected chi connectivity index (χ2v) is 5.25. The van der Waals surface area contributed by atoms with Crippen LogP contribution in [0.15, 0.2) is 0 Å². The first-order chi connectivity index (χ1) is 7.06. The van der Waals surface area contributed by atoms with Gasteiger partial charge in [-0.25, -0.2) is 0 Å². The standard InChI is InChI=1S/C13H30N2/c1-6-7-13(4)11-15(5)9-8-14-10-12(2)3/h12-14H,6-11H2,1-5H3. The molecular weight excluding hydrogens is 184 g/mol. The van der Waals surface area contributed by atoms with Gasteiger partial charge >= 0.3 is 0 Å². The number of nitrogens with one attached hydrogen (secondary N) is 1. The van der Waals surface area contributed by atoms with E-state index in [1.807, 2.05) is 0 Å². The lowest BCUT2D eigenvalue weighted by atomic mass is 10.1. The number of likely N-dealkylation sites (N-methyl/N-ethyl adjacent to an activating group) is 1. The van der Waals surface area contributed by atoms with E-state index in [1.165, 1.54) is 25.9 Å². The average Bonchev–Trinajstić information content (AvgIpc) is 2.12. The van der Waals surface area contributed by atoms with Crippen LogP contribution in [0.5, 0.6) is 0 Å². The predicted molar refractivity (Wildman–Crippen MR) is 69.3 cm³/mol. The Hall–Kier alpha value is -0.0800. The molecule has 1 unspecified atom stereocenters. The third kappa shape index (κ3) is 10.2. The number of hydrogen-bond donors (Lipinski definition) is 1. The van der Waals surface area contributed by atoms with Gasteiger partial charge in [-0.2, -0.15) is 0 Å². The van der Waals surface area contributed by atoms with Crippen molar-refractivity contribution < 1.29 is 0 Å². The predicted octanol–water partition coefficient (Wildman–Crippen LogP) is 2.60. The molecule has 0 aromatic carbocycles. The summed E-state index contributed by atoms with van der Waals surface area (Å²) in [6, 6.07) is 0. The van der Waals surface area contributed by atoms with Crippen molar-refractivity contribution in [1.29, 1.82) is 0 Å². The van der Waals surface area contributed by atoms with Gasteiger partial charge in [-0.3, -0.25) is 0 Å². The van der Waals surface area contributed by atoms with E-state index >= 15 is 0 Å². The Labute approximate surface area is 96.4 Å². The fraction of sp³-hybridized carbons (Fsp3) is 1.00. The molecule has 0 aliphatic heterocycles. The summed E-state index contributed by atoms with van der Waals surface area (Å²) in [7, 11) is 2.23. The lowest BCUT2D eigenvalue weighted by Gasteiger charge is -2.21. The third-order valence-corrected chi connectivity index (χ3v) is 2.63. The lowest BCUT2D eigenvalue weighted by molar-refractivity contribution is 0.275. The van der Waals surface area contributed by atoms with E-state index in [9.17, 15) is 0 Å². The lowest BCUT2D eigenvalue weighted by Crippen LogP contribution is -2.33. The molecule has 1 N–H and O–H groups in total. The highest BCUT2D eigenvalue weighted by atomic mass is 15.1. The molecule has 2 heteroatoms. The molecule has 15 heavy (non-hydrogen) atoms. The van der Waals surface area contributed by atoms with Crippen LogP contribution in [0.4, 0.5) is 0 Å². The van der Waals surface area contributed by atoms with Crippen LogP contribution in [0.3, 0.4) is 0 Å². The summed E-state index contributed by atoms with van der Waals surface area (Å²) < 4.78 is 0. The smallest absolute Gasteiger partial charge is 0.0104 e. The first-order valence-corrected chi connectivity index (χ1v) is 6.45.